The van der Waals surface area contributed by atoms with Crippen molar-refractivity contribution in [3.05, 3.63) is 89.0 Å². The Kier molecular flexibility index (Phi) is 7.24. The zero-order valence-electron chi connectivity index (χ0n) is 19.7. The third kappa shape index (κ3) is 6.20. The molecule has 0 bridgehead atoms. The summed E-state index contributed by atoms with van der Waals surface area (Å²) in [4.78, 5) is 24.0. The van der Waals surface area contributed by atoms with Gasteiger partial charge in [0.1, 0.15) is 5.75 Å². The Balaban J connectivity index is 1.70. The van der Waals surface area contributed by atoms with Crippen molar-refractivity contribution in [2.45, 2.75) is 45.5 Å². The van der Waals surface area contributed by atoms with Gasteiger partial charge in [-0.2, -0.15) is 13.2 Å². The first kappa shape index (κ1) is 25.8. The highest BCUT2D eigenvalue weighted by Crippen LogP contribution is 2.32. The number of carboxylic acid groups (broad SMARTS) is 1. The lowest BCUT2D eigenvalue weighted by atomic mass is 10.0. The summed E-state index contributed by atoms with van der Waals surface area (Å²) in [7, 11) is 0. The van der Waals surface area contributed by atoms with Crippen molar-refractivity contribution in [3.8, 4) is 16.9 Å². The first-order chi connectivity index (χ1) is 16.3. The van der Waals surface area contributed by atoms with E-state index in [1.54, 1.807) is 49.4 Å². The smallest absolute Gasteiger partial charge is 0.416 e. The number of alkyl halides is 3. The molecule has 0 aliphatic carbocycles. The van der Waals surface area contributed by atoms with Crippen molar-refractivity contribution in [2.24, 2.45) is 0 Å². The minimum absolute atomic E-state index is 0.335. The number of aliphatic carboxylic acids is 1. The minimum atomic E-state index is -4.43. The van der Waals surface area contributed by atoms with Crippen molar-refractivity contribution in [3.63, 3.8) is 0 Å². The van der Waals surface area contributed by atoms with E-state index in [-0.39, 0.29) is 11.9 Å². The molecule has 1 amide bonds. The number of hydrogen-bond donors (Lipinski definition) is 2. The van der Waals surface area contributed by atoms with Gasteiger partial charge in [-0.25, -0.2) is 4.79 Å². The summed E-state index contributed by atoms with van der Waals surface area (Å²) in [5, 5.41) is 12.1. The topological polar surface area (TPSA) is 75.6 Å². The molecule has 35 heavy (non-hydrogen) atoms. The van der Waals surface area contributed by atoms with Crippen LogP contribution >= 0.6 is 0 Å². The number of nitrogens with one attached hydrogen (secondary N) is 1. The van der Waals surface area contributed by atoms with Gasteiger partial charge in [0, 0.05) is 5.56 Å². The molecule has 3 aromatic rings. The minimum Gasteiger partial charge on any atom is -0.478 e. The third-order valence-electron chi connectivity index (χ3n) is 5.60. The largest absolute Gasteiger partial charge is 0.478 e. The van der Waals surface area contributed by atoms with Crippen molar-refractivity contribution in [2.75, 3.05) is 0 Å². The number of aryl methyl sites for hydroxylation is 1. The fraction of sp³-hybridized carbons (Fsp3) is 0.259. The van der Waals surface area contributed by atoms with Gasteiger partial charge in [0.25, 0.3) is 5.91 Å². The number of amides is 1. The van der Waals surface area contributed by atoms with Crippen LogP contribution in [0.25, 0.3) is 11.1 Å². The molecule has 0 aliphatic heterocycles. The summed E-state index contributed by atoms with van der Waals surface area (Å²) in [5.74, 6) is -0.983. The van der Waals surface area contributed by atoms with Gasteiger partial charge in [-0.1, -0.05) is 36.4 Å². The average molecular weight is 486 g/mol. The molecule has 2 N–H and O–H groups in total. The second-order valence-corrected chi connectivity index (χ2v) is 8.79. The Morgan fingerprint density at radius 1 is 0.943 bits per heavy atom. The van der Waals surface area contributed by atoms with Gasteiger partial charge in [0.2, 0.25) is 0 Å². The van der Waals surface area contributed by atoms with E-state index in [0.29, 0.717) is 22.4 Å². The molecular weight excluding hydrogens is 459 g/mol. The summed E-state index contributed by atoms with van der Waals surface area (Å²) >= 11 is 0. The Labute approximate surface area is 201 Å². The molecule has 0 saturated carbocycles. The van der Waals surface area contributed by atoms with Crippen LogP contribution in [0.15, 0.2) is 66.7 Å². The molecule has 0 spiro atoms. The lowest BCUT2D eigenvalue weighted by Crippen LogP contribution is -2.38. The molecule has 0 saturated heterocycles. The lowest BCUT2D eigenvalue weighted by molar-refractivity contribution is -0.152. The molecule has 184 valence electrons. The average Bonchev–Trinajstić information content (AvgIpc) is 2.79. The predicted octanol–water partition coefficient (Wildman–Crippen LogP) is 6.41. The van der Waals surface area contributed by atoms with Crippen LogP contribution in [0.5, 0.6) is 5.75 Å². The number of ether oxygens (including phenoxy) is 1. The summed E-state index contributed by atoms with van der Waals surface area (Å²) < 4.78 is 44.6. The molecule has 0 heterocycles. The molecule has 1 unspecified atom stereocenters. The van der Waals surface area contributed by atoms with Crippen LogP contribution in [0.1, 0.15) is 53.9 Å². The Morgan fingerprint density at radius 3 is 2.17 bits per heavy atom. The summed E-state index contributed by atoms with van der Waals surface area (Å²) in [6.45, 7) is 6.52. The Hall–Kier alpha value is -3.81. The van der Waals surface area contributed by atoms with E-state index in [1.165, 1.54) is 19.9 Å². The summed E-state index contributed by atoms with van der Waals surface area (Å²) in [5.41, 5.74) is 0.753. The molecule has 0 aliphatic rings. The van der Waals surface area contributed by atoms with Gasteiger partial charge < -0.3 is 15.2 Å². The van der Waals surface area contributed by atoms with E-state index in [1.807, 2.05) is 13.0 Å². The van der Waals surface area contributed by atoms with E-state index in [2.05, 4.69) is 5.32 Å². The zero-order valence-corrected chi connectivity index (χ0v) is 19.7. The Morgan fingerprint density at radius 2 is 1.60 bits per heavy atom. The number of carbonyl (C=O) groups is 2. The van der Waals surface area contributed by atoms with Crippen LogP contribution in [0.2, 0.25) is 0 Å². The van der Waals surface area contributed by atoms with E-state index >= 15 is 0 Å². The molecule has 3 rings (SSSR count). The normalized spacial score (nSPS) is 12.7. The lowest BCUT2D eigenvalue weighted by Gasteiger charge is -2.23. The number of hydrogen-bond acceptors (Lipinski definition) is 3. The van der Waals surface area contributed by atoms with Crippen LogP contribution < -0.4 is 10.1 Å². The number of carbonyl (C=O) groups excluding carboxylic acids is 1. The highest BCUT2D eigenvalue weighted by atomic mass is 19.4. The van der Waals surface area contributed by atoms with Gasteiger partial charge in [0.05, 0.1) is 11.6 Å². The maximum Gasteiger partial charge on any atom is 0.416 e. The monoisotopic (exact) mass is 485 g/mol. The maximum atomic E-state index is 13.0. The highest BCUT2D eigenvalue weighted by Gasteiger charge is 2.31. The van der Waals surface area contributed by atoms with E-state index < -0.39 is 23.3 Å². The fourth-order valence-electron chi connectivity index (χ4n) is 3.43. The van der Waals surface area contributed by atoms with Gasteiger partial charge in [-0.05, 0) is 80.3 Å². The molecular formula is C27H26F3NO4. The van der Waals surface area contributed by atoms with Crippen molar-refractivity contribution < 1.29 is 32.6 Å². The van der Waals surface area contributed by atoms with Gasteiger partial charge >= 0.3 is 12.1 Å². The summed E-state index contributed by atoms with van der Waals surface area (Å²) in [6.07, 6.45) is -4.43. The third-order valence-corrected chi connectivity index (χ3v) is 5.60. The molecule has 0 aromatic heterocycles. The van der Waals surface area contributed by atoms with Gasteiger partial charge in [-0.15, -0.1) is 0 Å². The van der Waals surface area contributed by atoms with Crippen molar-refractivity contribution >= 4 is 11.9 Å². The standard InChI is InChI=1S/C27H26F3NO4/c1-16-14-20(12-13-23(16)35-26(3,4)25(33)34)17(2)31-24(32)19-10-8-18(9-11-19)21-6-5-7-22(15-21)27(28,29)30/h5-15,17H,1-4H3,(H,31,32)(H,33,34). The number of benzene rings is 3. The molecule has 0 fully saturated rings. The number of halogens is 3. The van der Waals surface area contributed by atoms with Crippen molar-refractivity contribution in [1.82, 2.24) is 5.32 Å². The Bertz CT molecular complexity index is 1230. The molecule has 0 radical (unpaired) electrons. The van der Waals surface area contributed by atoms with E-state index in [9.17, 15) is 27.9 Å². The van der Waals surface area contributed by atoms with Crippen molar-refractivity contribution in [1.29, 1.82) is 0 Å². The first-order valence-corrected chi connectivity index (χ1v) is 10.9. The molecule has 8 heteroatoms. The van der Waals surface area contributed by atoms with Gasteiger partial charge in [-0.3, -0.25) is 4.79 Å². The van der Waals surface area contributed by atoms with E-state index in [4.69, 9.17) is 4.74 Å². The maximum absolute atomic E-state index is 13.0. The van der Waals surface area contributed by atoms with E-state index in [0.717, 1.165) is 23.3 Å². The predicted molar refractivity (Wildman–Crippen MR) is 126 cm³/mol. The van der Waals surface area contributed by atoms with Crippen LogP contribution in [0.3, 0.4) is 0 Å². The SMILES string of the molecule is Cc1cc(C(C)NC(=O)c2ccc(-c3cccc(C(F)(F)F)c3)cc2)ccc1OC(C)(C)C(=O)O. The van der Waals surface area contributed by atoms with Crippen LogP contribution in [-0.2, 0) is 11.0 Å². The molecule has 5 nitrogen and oxygen atoms in total. The first-order valence-electron chi connectivity index (χ1n) is 10.9. The number of rotatable bonds is 7. The van der Waals surface area contributed by atoms with Gasteiger partial charge in [0.15, 0.2) is 5.60 Å². The second kappa shape index (κ2) is 9.82. The zero-order chi connectivity index (χ0) is 26.0. The molecule has 3 aromatic carbocycles. The van der Waals surface area contributed by atoms with Crippen LogP contribution in [0.4, 0.5) is 13.2 Å². The second-order valence-electron chi connectivity index (χ2n) is 8.79. The summed E-state index contributed by atoms with van der Waals surface area (Å²) in [6, 6.07) is 16.2. The molecule has 1 atom stereocenters. The van der Waals surface area contributed by atoms with Crippen LogP contribution in [-0.4, -0.2) is 22.6 Å². The quantitative estimate of drug-likeness (QED) is 0.405. The van der Waals surface area contributed by atoms with Crippen LogP contribution in [0, 0.1) is 6.92 Å². The number of carboxylic acids is 1. The highest BCUT2D eigenvalue weighted by molar-refractivity contribution is 5.95. The fourth-order valence-corrected chi connectivity index (χ4v) is 3.43.